The SMILES string of the molecule is Oc1ccc(-c2cccc(Cl)c2-c2ccccn2)c(Cl)c1. The third-order valence-corrected chi connectivity index (χ3v) is 3.81. The number of phenols is 1. The van der Waals surface area contributed by atoms with Gasteiger partial charge < -0.3 is 5.11 Å². The van der Waals surface area contributed by atoms with Gasteiger partial charge in [-0.3, -0.25) is 4.98 Å². The molecule has 0 aliphatic heterocycles. The molecule has 1 N–H and O–H groups in total. The first-order chi connectivity index (χ1) is 10.2. The highest BCUT2D eigenvalue weighted by atomic mass is 35.5. The number of nitrogens with zero attached hydrogens (tertiary/aromatic N) is 1. The number of rotatable bonds is 2. The molecule has 0 unspecified atom stereocenters. The lowest BCUT2D eigenvalue weighted by Crippen LogP contribution is -1.89. The lowest BCUT2D eigenvalue weighted by atomic mass is 9.97. The topological polar surface area (TPSA) is 33.1 Å². The molecular weight excluding hydrogens is 305 g/mol. The zero-order valence-corrected chi connectivity index (χ0v) is 12.4. The fourth-order valence-electron chi connectivity index (χ4n) is 2.24. The second-order valence-corrected chi connectivity index (χ2v) is 5.36. The van der Waals surface area contributed by atoms with Crippen molar-refractivity contribution in [2.75, 3.05) is 0 Å². The molecule has 0 aliphatic carbocycles. The first-order valence-corrected chi connectivity index (χ1v) is 7.11. The Morgan fingerprint density at radius 2 is 1.67 bits per heavy atom. The first kappa shape index (κ1) is 13.9. The van der Waals surface area contributed by atoms with Crippen molar-refractivity contribution in [3.63, 3.8) is 0 Å². The predicted octanol–water partition coefficient (Wildman–Crippen LogP) is 5.43. The Morgan fingerprint density at radius 1 is 0.810 bits per heavy atom. The van der Waals surface area contributed by atoms with Crippen LogP contribution in [-0.4, -0.2) is 10.1 Å². The second-order valence-electron chi connectivity index (χ2n) is 4.54. The van der Waals surface area contributed by atoms with Crippen molar-refractivity contribution >= 4 is 23.2 Å². The van der Waals surface area contributed by atoms with Gasteiger partial charge in [0.1, 0.15) is 5.75 Å². The Labute approximate surface area is 132 Å². The number of hydrogen-bond donors (Lipinski definition) is 1. The van der Waals surface area contributed by atoms with Crippen LogP contribution in [0.1, 0.15) is 0 Å². The summed E-state index contributed by atoms with van der Waals surface area (Å²) < 4.78 is 0. The van der Waals surface area contributed by atoms with Crippen LogP contribution in [0.15, 0.2) is 60.8 Å². The summed E-state index contributed by atoms with van der Waals surface area (Å²) in [6.07, 6.45) is 1.72. The van der Waals surface area contributed by atoms with Crippen molar-refractivity contribution in [2.45, 2.75) is 0 Å². The van der Waals surface area contributed by atoms with E-state index in [1.807, 2.05) is 36.4 Å². The zero-order valence-electron chi connectivity index (χ0n) is 10.9. The lowest BCUT2D eigenvalue weighted by molar-refractivity contribution is 0.475. The van der Waals surface area contributed by atoms with Crippen LogP contribution in [0.5, 0.6) is 5.75 Å². The van der Waals surface area contributed by atoms with E-state index in [1.165, 1.54) is 6.07 Å². The van der Waals surface area contributed by atoms with Crippen LogP contribution < -0.4 is 0 Å². The summed E-state index contributed by atoms with van der Waals surface area (Å²) in [5, 5.41) is 10.6. The molecule has 3 aromatic rings. The minimum Gasteiger partial charge on any atom is -0.508 e. The molecule has 0 spiro atoms. The molecule has 0 amide bonds. The number of pyridine rings is 1. The monoisotopic (exact) mass is 315 g/mol. The van der Waals surface area contributed by atoms with Gasteiger partial charge in [0.15, 0.2) is 0 Å². The highest BCUT2D eigenvalue weighted by Crippen LogP contribution is 2.40. The van der Waals surface area contributed by atoms with Gasteiger partial charge in [-0.1, -0.05) is 41.4 Å². The van der Waals surface area contributed by atoms with Gasteiger partial charge >= 0.3 is 0 Å². The Kier molecular flexibility index (Phi) is 3.82. The molecule has 21 heavy (non-hydrogen) atoms. The van der Waals surface area contributed by atoms with Crippen molar-refractivity contribution in [1.82, 2.24) is 4.98 Å². The molecule has 104 valence electrons. The smallest absolute Gasteiger partial charge is 0.117 e. The highest BCUT2D eigenvalue weighted by molar-refractivity contribution is 6.35. The summed E-state index contributed by atoms with van der Waals surface area (Å²) in [7, 11) is 0. The van der Waals surface area contributed by atoms with Gasteiger partial charge in [0.05, 0.1) is 15.7 Å². The van der Waals surface area contributed by atoms with Gasteiger partial charge in [-0.2, -0.15) is 0 Å². The van der Waals surface area contributed by atoms with E-state index in [9.17, 15) is 5.11 Å². The van der Waals surface area contributed by atoms with E-state index in [-0.39, 0.29) is 5.75 Å². The maximum absolute atomic E-state index is 9.50. The highest BCUT2D eigenvalue weighted by Gasteiger charge is 2.14. The van der Waals surface area contributed by atoms with Crippen molar-refractivity contribution < 1.29 is 5.11 Å². The van der Waals surface area contributed by atoms with E-state index in [0.717, 1.165) is 22.4 Å². The van der Waals surface area contributed by atoms with Crippen LogP contribution in [0.25, 0.3) is 22.4 Å². The van der Waals surface area contributed by atoms with E-state index in [2.05, 4.69) is 4.98 Å². The summed E-state index contributed by atoms with van der Waals surface area (Å²) >= 11 is 12.6. The average molecular weight is 316 g/mol. The summed E-state index contributed by atoms with van der Waals surface area (Å²) in [4.78, 5) is 4.37. The van der Waals surface area contributed by atoms with E-state index in [0.29, 0.717) is 10.0 Å². The zero-order chi connectivity index (χ0) is 14.8. The lowest BCUT2D eigenvalue weighted by Gasteiger charge is -2.12. The third kappa shape index (κ3) is 2.73. The molecule has 1 heterocycles. The van der Waals surface area contributed by atoms with Crippen LogP contribution in [0.3, 0.4) is 0 Å². The Hall–Kier alpha value is -2.03. The van der Waals surface area contributed by atoms with Crippen molar-refractivity contribution in [3.8, 4) is 28.1 Å². The van der Waals surface area contributed by atoms with Gasteiger partial charge in [-0.05, 0) is 42.0 Å². The molecule has 0 radical (unpaired) electrons. The first-order valence-electron chi connectivity index (χ1n) is 6.35. The largest absolute Gasteiger partial charge is 0.508 e. The van der Waals surface area contributed by atoms with Gasteiger partial charge in [-0.15, -0.1) is 0 Å². The maximum Gasteiger partial charge on any atom is 0.117 e. The molecule has 3 rings (SSSR count). The Balaban J connectivity index is 2.27. The van der Waals surface area contributed by atoms with Crippen LogP contribution in [-0.2, 0) is 0 Å². The fourth-order valence-corrected chi connectivity index (χ4v) is 2.79. The summed E-state index contributed by atoms with van der Waals surface area (Å²) in [6, 6.07) is 16.2. The molecule has 0 saturated carbocycles. The fraction of sp³-hybridized carbons (Fsp3) is 0. The number of aromatic nitrogens is 1. The normalized spacial score (nSPS) is 10.6. The molecule has 2 aromatic carbocycles. The molecular formula is C17H11Cl2NO. The van der Waals surface area contributed by atoms with Crippen LogP contribution in [0.4, 0.5) is 0 Å². The number of phenolic OH excluding ortho intramolecular Hbond substituents is 1. The second kappa shape index (κ2) is 5.76. The van der Waals surface area contributed by atoms with Crippen LogP contribution in [0.2, 0.25) is 10.0 Å². The van der Waals surface area contributed by atoms with Crippen molar-refractivity contribution in [3.05, 3.63) is 70.8 Å². The Morgan fingerprint density at radius 3 is 2.38 bits per heavy atom. The molecule has 4 heteroatoms. The minimum atomic E-state index is 0.130. The van der Waals surface area contributed by atoms with Crippen molar-refractivity contribution in [1.29, 1.82) is 0 Å². The summed E-state index contributed by atoms with van der Waals surface area (Å²) in [5.74, 6) is 0.130. The van der Waals surface area contributed by atoms with Crippen LogP contribution >= 0.6 is 23.2 Å². The molecule has 1 aromatic heterocycles. The third-order valence-electron chi connectivity index (χ3n) is 3.18. The van der Waals surface area contributed by atoms with E-state index in [4.69, 9.17) is 23.2 Å². The number of benzene rings is 2. The minimum absolute atomic E-state index is 0.130. The number of halogens is 2. The van der Waals surface area contributed by atoms with Gasteiger partial charge in [0, 0.05) is 17.3 Å². The van der Waals surface area contributed by atoms with Crippen LogP contribution in [0, 0.1) is 0 Å². The van der Waals surface area contributed by atoms with Crippen molar-refractivity contribution in [2.24, 2.45) is 0 Å². The summed E-state index contributed by atoms with van der Waals surface area (Å²) in [6.45, 7) is 0. The number of hydrogen-bond acceptors (Lipinski definition) is 2. The predicted molar refractivity (Wildman–Crippen MR) is 86.8 cm³/mol. The molecule has 2 nitrogen and oxygen atoms in total. The molecule has 0 fully saturated rings. The maximum atomic E-state index is 9.50. The Bertz CT molecular complexity index is 788. The molecule has 0 atom stereocenters. The average Bonchev–Trinajstić information content (AvgIpc) is 2.48. The standard InChI is InChI=1S/C17H11Cl2NO/c18-14-5-3-4-13(12-8-7-11(21)10-15(12)19)17(14)16-6-1-2-9-20-16/h1-10,21H. The summed E-state index contributed by atoms with van der Waals surface area (Å²) in [5.41, 5.74) is 3.29. The quantitative estimate of drug-likeness (QED) is 0.684. The molecule has 0 aliphatic rings. The number of aromatic hydroxyl groups is 1. The van der Waals surface area contributed by atoms with Gasteiger partial charge in [-0.25, -0.2) is 0 Å². The van der Waals surface area contributed by atoms with E-state index < -0.39 is 0 Å². The van der Waals surface area contributed by atoms with E-state index >= 15 is 0 Å². The van der Waals surface area contributed by atoms with Gasteiger partial charge in [0.25, 0.3) is 0 Å². The molecule has 0 bridgehead atoms. The molecule has 0 saturated heterocycles. The van der Waals surface area contributed by atoms with E-state index in [1.54, 1.807) is 18.3 Å². The van der Waals surface area contributed by atoms with Gasteiger partial charge in [0.2, 0.25) is 0 Å².